The van der Waals surface area contributed by atoms with Gasteiger partial charge in [0.25, 0.3) is 5.91 Å². The molecule has 144 valence electrons. The fourth-order valence-corrected chi connectivity index (χ4v) is 2.62. The molecule has 1 N–H and O–H groups in total. The van der Waals surface area contributed by atoms with E-state index < -0.39 is 0 Å². The summed E-state index contributed by atoms with van der Waals surface area (Å²) in [6.45, 7) is 4.13. The molecular weight excluding hydrogens is 376 g/mol. The van der Waals surface area contributed by atoms with Crippen molar-refractivity contribution in [1.82, 2.24) is 5.43 Å². The van der Waals surface area contributed by atoms with Crippen LogP contribution in [-0.4, -0.2) is 18.7 Å². The van der Waals surface area contributed by atoms with Gasteiger partial charge in [-0.15, -0.1) is 0 Å². The van der Waals surface area contributed by atoms with Crippen LogP contribution < -0.4 is 10.2 Å². The van der Waals surface area contributed by atoms with Gasteiger partial charge in [-0.05, 0) is 60.0 Å². The number of halogens is 1. The molecule has 0 saturated heterocycles. The molecule has 6 heteroatoms. The first-order valence-corrected chi connectivity index (χ1v) is 9.29. The Balaban J connectivity index is 1.48. The Morgan fingerprint density at radius 1 is 1.11 bits per heavy atom. The summed E-state index contributed by atoms with van der Waals surface area (Å²) >= 11 is 5.88. The van der Waals surface area contributed by atoms with Gasteiger partial charge in [0, 0.05) is 10.6 Å². The maximum absolute atomic E-state index is 11.8. The molecule has 0 aliphatic carbocycles. The predicted molar refractivity (Wildman–Crippen MR) is 111 cm³/mol. The Hall–Kier alpha value is -3.05. The van der Waals surface area contributed by atoms with E-state index in [0.717, 1.165) is 5.56 Å². The minimum absolute atomic E-state index is 0.119. The highest BCUT2D eigenvalue weighted by atomic mass is 35.5. The Morgan fingerprint density at radius 3 is 2.50 bits per heavy atom. The van der Waals surface area contributed by atoms with E-state index in [0.29, 0.717) is 28.2 Å². The van der Waals surface area contributed by atoms with Crippen molar-refractivity contribution in [1.29, 1.82) is 0 Å². The molecular formula is C22H21ClN2O3. The second-order valence-electron chi connectivity index (χ2n) is 6.51. The van der Waals surface area contributed by atoms with Crippen LogP contribution in [0.4, 0.5) is 0 Å². The highest BCUT2D eigenvalue weighted by molar-refractivity contribution is 6.30. The molecule has 0 atom stereocenters. The first-order chi connectivity index (χ1) is 13.5. The van der Waals surface area contributed by atoms with Crippen molar-refractivity contribution in [2.24, 2.45) is 5.10 Å². The van der Waals surface area contributed by atoms with E-state index in [2.05, 4.69) is 24.4 Å². The number of nitrogens with one attached hydrogen (secondary N) is 1. The smallest absolute Gasteiger partial charge is 0.277 e. The van der Waals surface area contributed by atoms with Gasteiger partial charge in [0.2, 0.25) is 0 Å². The third kappa shape index (κ3) is 5.47. The topological polar surface area (TPSA) is 63.8 Å². The largest absolute Gasteiger partial charge is 0.484 e. The fourth-order valence-electron chi connectivity index (χ4n) is 2.49. The lowest BCUT2D eigenvalue weighted by Crippen LogP contribution is -2.24. The molecule has 0 bridgehead atoms. The van der Waals surface area contributed by atoms with Crippen molar-refractivity contribution >= 4 is 23.7 Å². The minimum atomic E-state index is -0.353. The SMILES string of the molecule is CC(C)c1ccc(OCC(=O)N/N=C\c2ccc(-c3ccc(Cl)cc3)o2)cc1. The van der Waals surface area contributed by atoms with Gasteiger partial charge in [-0.1, -0.05) is 37.6 Å². The molecule has 2 aromatic carbocycles. The zero-order valence-corrected chi connectivity index (χ0v) is 16.4. The summed E-state index contributed by atoms with van der Waals surface area (Å²) in [5, 5.41) is 4.56. The van der Waals surface area contributed by atoms with E-state index in [1.807, 2.05) is 42.5 Å². The average Bonchev–Trinajstić information content (AvgIpc) is 3.16. The van der Waals surface area contributed by atoms with Crippen LogP contribution in [0, 0.1) is 0 Å². The van der Waals surface area contributed by atoms with Crippen LogP contribution in [-0.2, 0) is 4.79 Å². The summed E-state index contributed by atoms with van der Waals surface area (Å²) < 4.78 is 11.1. The molecule has 3 rings (SSSR count). The first-order valence-electron chi connectivity index (χ1n) is 8.91. The molecule has 3 aromatic rings. The van der Waals surface area contributed by atoms with Crippen LogP contribution in [0.1, 0.15) is 31.1 Å². The van der Waals surface area contributed by atoms with E-state index in [4.69, 9.17) is 20.8 Å². The summed E-state index contributed by atoms with van der Waals surface area (Å²) in [6.07, 6.45) is 1.44. The van der Waals surface area contributed by atoms with Gasteiger partial charge >= 0.3 is 0 Å². The summed E-state index contributed by atoms with van der Waals surface area (Å²) in [6, 6.07) is 18.6. The van der Waals surface area contributed by atoms with Gasteiger partial charge in [-0.25, -0.2) is 5.43 Å². The molecule has 0 unspecified atom stereocenters. The van der Waals surface area contributed by atoms with Crippen molar-refractivity contribution in [3.8, 4) is 17.1 Å². The number of ether oxygens (including phenoxy) is 1. The van der Waals surface area contributed by atoms with Crippen LogP contribution in [0.25, 0.3) is 11.3 Å². The monoisotopic (exact) mass is 396 g/mol. The van der Waals surface area contributed by atoms with Gasteiger partial charge in [-0.2, -0.15) is 5.10 Å². The number of rotatable bonds is 7. The van der Waals surface area contributed by atoms with Gasteiger partial charge in [0.15, 0.2) is 6.61 Å². The molecule has 1 aromatic heterocycles. The summed E-state index contributed by atoms with van der Waals surface area (Å²) in [5.41, 5.74) is 4.54. The number of carbonyl (C=O) groups is 1. The number of benzene rings is 2. The maximum Gasteiger partial charge on any atom is 0.277 e. The normalized spacial score (nSPS) is 11.1. The van der Waals surface area contributed by atoms with Crippen LogP contribution >= 0.6 is 11.6 Å². The van der Waals surface area contributed by atoms with Crippen LogP contribution in [0.15, 0.2) is 70.2 Å². The van der Waals surface area contributed by atoms with Crippen molar-refractivity contribution in [2.75, 3.05) is 6.61 Å². The molecule has 0 aliphatic rings. The van der Waals surface area contributed by atoms with Gasteiger partial charge in [0.05, 0.1) is 6.21 Å². The molecule has 5 nitrogen and oxygen atoms in total. The van der Waals surface area contributed by atoms with E-state index in [1.54, 1.807) is 18.2 Å². The fraction of sp³-hybridized carbons (Fsp3) is 0.182. The van der Waals surface area contributed by atoms with Gasteiger partial charge in [0.1, 0.15) is 17.3 Å². The van der Waals surface area contributed by atoms with E-state index in [-0.39, 0.29) is 12.5 Å². The third-order valence-electron chi connectivity index (χ3n) is 4.05. The van der Waals surface area contributed by atoms with E-state index >= 15 is 0 Å². The van der Waals surface area contributed by atoms with Gasteiger partial charge < -0.3 is 9.15 Å². The lowest BCUT2D eigenvalue weighted by Gasteiger charge is -2.08. The molecule has 0 radical (unpaired) electrons. The third-order valence-corrected chi connectivity index (χ3v) is 4.31. The van der Waals surface area contributed by atoms with Crippen molar-refractivity contribution in [2.45, 2.75) is 19.8 Å². The van der Waals surface area contributed by atoms with Gasteiger partial charge in [-0.3, -0.25) is 4.79 Å². The molecule has 1 amide bonds. The second-order valence-corrected chi connectivity index (χ2v) is 6.95. The Labute approximate surface area is 169 Å². The number of carbonyl (C=O) groups excluding carboxylic acids is 1. The number of hydrazone groups is 1. The van der Waals surface area contributed by atoms with Crippen molar-refractivity contribution in [3.63, 3.8) is 0 Å². The molecule has 0 aliphatic heterocycles. The summed E-state index contributed by atoms with van der Waals surface area (Å²) in [7, 11) is 0. The number of hydrogen-bond donors (Lipinski definition) is 1. The Kier molecular flexibility index (Phi) is 6.50. The Bertz CT molecular complexity index is 945. The standard InChI is InChI=1S/C22H21ClN2O3/c1-15(2)16-5-9-19(10-6-16)27-14-22(26)25-24-13-20-11-12-21(28-20)17-3-7-18(23)8-4-17/h3-13,15H,14H2,1-2H3,(H,25,26)/b24-13-. The molecule has 28 heavy (non-hydrogen) atoms. The average molecular weight is 397 g/mol. The maximum atomic E-state index is 11.8. The molecule has 0 spiro atoms. The van der Waals surface area contributed by atoms with E-state index in [1.165, 1.54) is 11.8 Å². The summed E-state index contributed by atoms with van der Waals surface area (Å²) in [4.78, 5) is 11.8. The Morgan fingerprint density at radius 2 is 1.82 bits per heavy atom. The summed E-state index contributed by atoms with van der Waals surface area (Å²) in [5.74, 6) is 1.96. The van der Waals surface area contributed by atoms with Crippen molar-refractivity contribution < 1.29 is 13.9 Å². The number of nitrogens with zero attached hydrogens (tertiary/aromatic N) is 1. The number of amides is 1. The van der Waals surface area contributed by atoms with Crippen LogP contribution in [0.2, 0.25) is 5.02 Å². The second kappa shape index (κ2) is 9.24. The van der Waals surface area contributed by atoms with Crippen molar-refractivity contribution in [3.05, 3.63) is 77.0 Å². The van der Waals surface area contributed by atoms with E-state index in [9.17, 15) is 4.79 Å². The highest BCUT2D eigenvalue weighted by Gasteiger charge is 2.05. The quantitative estimate of drug-likeness (QED) is 0.438. The predicted octanol–water partition coefficient (Wildman–Crippen LogP) is 5.25. The zero-order valence-electron chi connectivity index (χ0n) is 15.7. The van der Waals surface area contributed by atoms with Crippen LogP contribution in [0.3, 0.4) is 0 Å². The zero-order chi connectivity index (χ0) is 19.9. The first kappa shape index (κ1) is 19.7. The highest BCUT2D eigenvalue weighted by Crippen LogP contribution is 2.23. The lowest BCUT2D eigenvalue weighted by molar-refractivity contribution is -0.123. The van der Waals surface area contributed by atoms with Crippen LogP contribution in [0.5, 0.6) is 5.75 Å². The molecule has 0 saturated carbocycles. The molecule has 0 fully saturated rings. The number of hydrogen-bond acceptors (Lipinski definition) is 4. The number of furan rings is 1. The molecule has 1 heterocycles. The minimum Gasteiger partial charge on any atom is -0.484 e. The lowest BCUT2D eigenvalue weighted by atomic mass is 10.0.